The van der Waals surface area contributed by atoms with Crippen molar-refractivity contribution in [1.29, 1.82) is 0 Å². The highest BCUT2D eigenvalue weighted by Crippen LogP contribution is 2.35. The van der Waals surface area contributed by atoms with E-state index in [4.69, 9.17) is 14.2 Å². The number of ether oxygens (including phenoxy) is 3. The molecule has 1 amide bonds. The number of thiazole rings is 1. The first kappa shape index (κ1) is 22.3. The van der Waals surface area contributed by atoms with Crippen molar-refractivity contribution < 1.29 is 23.8 Å². The van der Waals surface area contributed by atoms with Crippen LogP contribution in [0, 0.1) is 0 Å². The summed E-state index contributed by atoms with van der Waals surface area (Å²) in [4.78, 5) is 28.0. The van der Waals surface area contributed by atoms with Crippen molar-refractivity contribution in [2.24, 2.45) is 0 Å². The van der Waals surface area contributed by atoms with Gasteiger partial charge < -0.3 is 19.5 Å². The fourth-order valence-corrected chi connectivity index (χ4v) is 3.59. The van der Waals surface area contributed by atoms with Crippen LogP contribution in [0.2, 0.25) is 0 Å². The maximum atomic E-state index is 12.2. The molecule has 7 nitrogen and oxygen atoms in total. The molecule has 3 rings (SSSR count). The molecule has 0 aliphatic heterocycles. The van der Waals surface area contributed by atoms with E-state index in [0.29, 0.717) is 53.1 Å². The molecule has 162 valence electrons. The molecular formula is C23H24N2O5S. The molecule has 0 radical (unpaired) electrons. The standard InChI is InChI=1S/C23H24N2O5S/c1-15(26)16-6-8-17(9-7-16)30-12-4-5-22(27)25-23-24-20(14-31-23)19-13-18(28-2)10-11-21(19)29-3/h6-11,13-14H,4-5,12H2,1-3H3,(H,24,25,27). The molecule has 8 heteroatoms. The Morgan fingerprint density at radius 1 is 1.03 bits per heavy atom. The highest BCUT2D eigenvalue weighted by atomic mass is 32.1. The predicted molar refractivity (Wildman–Crippen MR) is 120 cm³/mol. The van der Waals surface area contributed by atoms with Crippen LogP contribution < -0.4 is 19.5 Å². The molecule has 1 heterocycles. The molecule has 0 bridgehead atoms. The number of amides is 1. The maximum Gasteiger partial charge on any atom is 0.226 e. The number of nitrogens with one attached hydrogen (secondary N) is 1. The Morgan fingerprint density at radius 2 is 1.77 bits per heavy atom. The van der Waals surface area contributed by atoms with Crippen molar-refractivity contribution in [3.05, 3.63) is 53.4 Å². The summed E-state index contributed by atoms with van der Waals surface area (Å²) in [7, 11) is 3.20. The second-order valence-corrected chi connectivity index (χ2v) is 7.54. The third kappa shape index (κ3) is 6.05. The molecule has 0 aliphatic rings. The van der Waals surface area contributed by atoms with Gasteiger partial charge in [0.05, 0.1) is 26.5 Å². The minimum absolute atomic E-state index is 0.0124. The Hall–Kier alpha value is -3.39. The molecule has 31 heavy (non-hydrogen) atoms. The zero-order chi connectivity index (χ0) is 22.2. The van der Waals surface area contributed by atoms with Gasteiger partial charge in [0, 0.05) is 22.9 Å². The number of hydrogen-bond donors (Lipinski definition) is 1. The lowest BCUT2D eigenvalue weighted by atomic mass is 10.1. The normalized spacial score (nSPS) is 10.4. The maximum absolute atomic E-state index is 12.2. The number of ketones is 1. The summed E-state index contributed by atoms with van der Waals surface area (Å²) in [6.45, 7) is 1.92. The lowest BCUT2D eigenvalue weighted by molar-refractivity contribution is -0.116. The number of Topliss-reactive ketones (excluding diaryl/α,β-unsaturated/α-hetero) is 1. The summed E-state index contributed by atoms with van der Waals surface area (Å²) >= 11 is 1.35. The molecule has 0 unspecified atom stereocenters. The van der Waals surface area contributed by atoms with Crippen LogP contribution >= 0.6 is 11.3 Å². The first-order valence-electron chi connectivity index (χ1n) is 9.71. The largest absolute Gasteiger partial charge is 0.497 e. The summed E-state index contributed by atoms with van der Waals surface area (Å²) in [5.41, 5.74) is 2.14. The number of anilines is 1. The molecule has 3 aromatic rings. The van der Waals surface area contributed by atoms with Crippen LogP contribution in [0.15, 0.2) is 47.8 Å². The number of aromatic nitrogens is 1. The van der Waals surface area contributed by atoms with Gasteiger partial charge in [-0.15, -0.1) is 11.3 Å². The van der Waals surface area contributed by atoms with Gasteiger partial charge in [-0.3, -0.25) is 9.59 Å². The van der Waals surface area contributed by atoms with Crippen molar-refractivity contribution in [3.63, 3.8) is 0 Å². The number of carbonyl (C=O) groups is 2. The molecule has 0 aliphatic carbocycles. The molecule has 0 saturated carbocycles. The summed E-state index contributed by atoms with van der Waals surface area (Å²) in [5, 5.41) is 5.20. The van der Waals surface area contributed by atoms with E-state index in [1.54, 1.807) is 38.5 Å². The summed E-state index contributed by atoms with van der Waals surface area (Å²) < 4.78 is 16.3. The fourth-order valence-electron chi connectivity index (χ4n) is 2.86. The van der Waals surface area contributed by atoms with E-state index in [2.05, 4.69) is 10.3 Å². The highest BCUT2D eigenvalue weighted by Gasteiger charge is 2.13. The second-order valence-electron chi connectivity index (χ2n) is 6.68. The summed E-state index contributed by atoms with van der Waals surface area (Å²) in [5.74, 6) is 1.93. The van der Waals surface area contributed by atoms with Crippen LogP contribution in [0.1, 0.15) is 30.1 Å². The van der Waals surface area contributed by atoms with Gasteiger partial charge in [-0.2, -0.15) is 0 Å². The number of nitrogens with zero attached hydrogens (tertiary/aromatic N) is 1. The van der Waals surface area contributed by atoms with Gasteiger partial charge in [0.2, 0.25) is 5.91 Å². The smallest absolute Gasteiger partial charge is 0.226 e. The average molecular weight is 441 g/mol. The number of rotatable bonds is 10. The van der Waals surface area contributed by atoms with Gasteiger partial charge in [-0.1, -0.05) is 0 Å². The molecule has 1 aromatic heterocycles. The number of carbonyl (C=O) groups excluding carboxylic acids is 2. The highest BCUT2D eigenvalue weighted by molar-refractivity contribution is 7.14. The molecule has 2 aromatic carbocycles. The third-order valence-electron chi connectivity index (χ3n) is 4.51. The number of benzene rings is 2. The SMILES string of the molecule is COc1ccc(OC)c(-c2csc(NC(=O)CCCOc3ccc(C(C)=O)cc3)n2)c1. The van der Waals surface area contributed by atoms with Crippen molar-refractivity contribution in [3.8, 4) is 28.5 Å². The van der Waals surface area contributed by atoms with Crippen molar-refractivity contribution >= 4 is 28.2 Å². The van der Waals surface area contributed by atoms with Gasteiger partial charge in [0.15, 0.2) is 10.9 Å². The molecule has 0 spiro atoms. The van der Waals surface area contributed by atoms with Crippen LogP contribution in [0.25, 0.3) is 11.3 Å². The van der Waals surface area contributed by atoms with Crippen LogP contribution in [-0.4, -0.2) is 37.5 Å². The van der Waals surface area contributed by atoms with E-state index in [1.807, 2.05) is 23.6 Å². The van der Waals surface area contributed by atoms with E-state index in [-0.39, 0.29) is 11.7 Å². The van der Waals surface area contributed by atoms with Crippen LogP contribution in [0.3, 0.4) is 0 Å². The average Bonchev–Trinajstić information content (AvgIpc) is 3.24. The van der Waals surface area contributed by atoms with Crippen LogP contribution in [0.5, 0.6) is 17.2 Å². The summed E-state index contributed by atoms with van der Waals surface area (Å²) in [6, 6.07) is 12.4. The molecule has 0 saturated heterocycles. The molecule has 0 atom stereocenters. The minimum Gasteiger partial charge on any atom is -0.497 e. The van der Waals surface area contributed by atoms with E-state index in [9.17, 15) is 9.59 Å². The predicted octanol–water partition coefficient (Wildman–Crippen LogP) is 4.83. The Labute approximate surface area is 185 Å². The quantitative estimate of drug-likeness (QED) is 0.359. The van der Waals surface area contributed by atoms with Gasteiger partial charge in [-0.25, -0.2) is 4.98 Å². The van der Waals surface area contributed by atoms with Gasteiger partial charge in [0.1, 0.15) is 17.2 Å². The van der Waals surface area contributed by atoms with Gasteiger partial charge >= 0.3 is 0 Å². The second kappa shape index (κ2) is 10.6. The fraction of sp³-hybridized carbons (Fsp3) is 0.261. The lowest BCUT2D eigenvalue weighted by Crippen LogP contribution is -2.12. The molecule has 1 N–H and O–H groups in total. The molecular weight excluding hydrogens is 416 g/mol. The van der Waals surface area contributed by atoms with E-state index in [0.717, 1.165) is 5.56 Å². The first-order chi connectivity index (χ1) is 15.0. The monoisotopic (exact) mass is 440 g/mol. The Balaban J connectivity index is 1.49. The van der Waals surface area contributed by atoms with Crippen molar-refractivity contribution in [2.45, 2.75) is 19.8 Å². The van der Waals surface area contributed by atoms with Gasteiger partial charge in [-0.05, 0) is 55.8 Å². The first-order valence-corrected chi connectivity index (χ1v) is 10.6. The van der Waals surface area contributed by atoms with E-state index >= 15 is 0 Å². The van der Waals surface area contributed by atoms with Crippen molar-refractivity contribution in [1.82, 2.24) is 4.98 Å². The minimum atomic E-state index is -0.131. The van der Waals surface area contributed by atoms with Crippen molar-refractivity contribution in [2.75, 3.05) is 26.1 Å². The van der Waals surface area contributed by atoms with Gasteiger partial charge in [0.25, 0.3) is 0 Å². The Bertz CT molecular complexity index is 1050. The number of hydrogen-bond acceptors (Lipinski definition) is 7. The van der Waals surface area contributed by atoms with E-state index in [1.165, 1.54) is 18.3 Å². The topological polar surface area (TPSA) is 86.8 Å². The van der Waals surface area contributed by atoms with E-state index < -0.39 is 0 Å². The third-order valence-corrected chi connectivity index (χ3v) is 5.27. The van der Waals surface area contributed by atoms with Crippen LogP contribution in [0.4, 0.5) is 5.13 Å². The lowest BCUT2D eigenvalue weighted by Gasteiger charge is -2.08. The zero-order valence-electron chi connectivity index (χ0n) is 17.6. The zero-order valence-corrected chi connectivity index (χ0v) is 18.5. The summed E-state index contributed by atoms with van der Waals surface area (Å²) in [6.07, 6.45) is 0.866. The Morgan fingerprint density at radius 3 is 2.45 bits per heavy atom. The number of methoxy groups -OCH3 is 2. The van der Waals surface area contributed by atoms with Crippen LogP contribution in [-0.2, 0) is 4.79 Å². The molecule has 0 fully saturated rings. The Kier molecular flexibility index (Phi) is 7.61.